The Kier molecular flexibility index (Phi) is 2.80. The van der Waals surface area contributed by atoms with Crippen LogP contribution < -0.4 is 0 Å². The molecule has 0 aromatic rings. The van der Waals surface area contributed by atoms with Gasteiger partial charge in [0.1, 0.15) is 0 Å². The Hall–Kier alpha value is -0.470. The van der Waals surface area contributed by atoms with Crippen LogP contribution in [0.1, 0.15) is 13.8 Å². The van der Waals surface area contributed by atoms with Crippen LogP contribution in [0.3, 0.4) is 0 Å². The van der Waals surface area contributed by atoms with Gasteiger partial charge >= 0.3 is 0 Å². The maximum atomic E-state index is 9.58. The van der Waals surface area contributed by atoms with Crippen molar-refractivity contribution < 1.29 is 5.11 Å². The van der Waals surface area contributed by atoms with Crippen LogP contribution in [0, 0.1) is 5.92 Å². The molecule has 0 heterocycles. The minimum Gasteiger partial charge on any atom is -0.388 e. The molecule has 0 radical (unpaired) electrons. The lowest BCUT2D eigenvalue weighted by Gasteiger charge is -2.24. The maximum Gasteiger partial charge on any atom is 0.0793 e. The molecule has 1 N–H and O–H groups in total. The molecule has 2 atom stereocenters. The van der Waals surface area contributed by atoms with Gasteiger partial charge in [-0.3, -0.25) is 0 Å². The Morgan fingerprint density at radius 2 is 2.25 bits per heavy atom. The van der Waals surface area contributed by atoms with Crippen molar-refractivity contribution in [1.82, 2.24) is 0 Å². The summed E-state index contributed by atoms with van der Waals surface area (Å²) in [5, 5.41) is 9.58. The van der Waals surface area contributed by atoms with Gasteiger partial charge in [0.05, 0.1) is 6.10 Å². The van der Waals surface area contributed by atoms with Gasteiger partial charge in [-0.2, -0.15) is 0 Å². The number of hydrogen-bond donors (Lipinski definition) is 2. The standard InChI is InChI=1S/C10H14OS/c1-4-8-5-9(11)6(2)7(3)10(8)12/h4-6,9,11-12H,1H2,2-3H3. The van der Waals surface area contributed by atoms with Gasteiger partial charge in [0.15, 0.2) is 0 Å². The highest BCUT2D eigenvalue weighted by Gasteiger charge is 2.21. The summed E-state index contributed by atoms with van der Waals surface area (Å²) in [4.78, 5) is 0.947. The Morgan fingerprint density at radius 3 is 2.75 bits per heavy atom. The number of allylic oxidation sites excluding steroid dienone is 2. The van der Waals surface area contributed by atoms with Gasteiger partial charge in [0, 0.05) is 10.8 Å². The van der Waals surface area contributed by atoms with Crippen molar-refractivity contribution in [3.63, 3.8) is 0 Å². The smallest absolute Gasteiger partial charge is 0.0793 e. The van der Waals surface area contributed by atoms with Crippen LogP contribution >= 0.6 is 12.6 Å². The SMILES string of the molecule is C=CC1=CC(O)C(C)C(C)=C1S. The summed E-state index contributed by atoms with van der Waals surface area (Å²) < 4.78 is 0. The molecule has 2 heteroatoms. The summed E-state index contributed by atoms with van der Waals surface area (Å²) in [6.45, 7) is 7.65. The molecule has 0 saturated carbocycles. The van der Waals surface area contributed by atoms with Gasteiger partial charge in [-0.25, -0.2) is 0 Å². The van der Waals surface area contributed by atoms with Crippen molar-refractivity contribution >= 4 is 12.6 Å². The van der Waals surface area contributed by atoms with Crippen LogP contribution in [0.5, 0.6) is 0 Å². The van der Waals surface area contributed by atoms with Gasteiger partial charge < -0.3 is 5.11 Å². The Morgan fingerprint density at radius 1 is 1.67 bits per heavy atom. The first-order valence-electron chi connectivity index (χ1n) is 4.00. The number of aliphatic hydroxyl groups excluding tert-OH is 1. The van der Waals surface area contributed by atoms with Crippen molar-refractivity contribution in [2.24, 2.45) is 5.92 Å². The highest BCUT2D eigenvalue weighted by molar-refractivity contribution is 7.84. The fourth-order valence-electron chi connectivity index (χ4n) is 1.27. The second-order valence-corrected chi connectivity index (χ2v) is 3.58. The zero-order valence-corrected chi connectivity index (χ0v) is 8.31. The molecule has 12 heavy (non-hydrogen) atoms. The summed E-state index contributed by atoms with van der Waals surface area (Å²) in [6, 6.07) is 0. The predicted molar refractivity (Wildman–Crippen MR) is 55.1 cm³/mol. The maximum absolute atomic E-state index is 9.58. The van der Waals surface area contributed by atoms with Crippen LogP contribution in [0.2, 0.25) is 0 Å². The molecule has 0 spiro atoms. The van der Waals surface area contributed by atoms with Crippen LogP contribution in [0.4, 0.5) is 0 Å². The van der Waals surface area contributed by atoms with E-state index in [1.807, 2.05) is 13.8 Å². The van der Waals surface area contributed by atoms with Crippen LogP contribution in [0.15, 0.2) is 34.8 Å². The van der Waals surface area contributed by atoms with Crippen molar-refractivity contribution in [3.8, 4) is 0 Å². The van der Waals surface area contributed by atoms with E-state index in [-0.39, 0.29) is 5.92 Å². The van der Waals surface area contributed by atoms with Gasteiger partial charge in [-0.15, -0.1) is 12.6 Å². The molecular formula is C10H14OS. The molecule has 0 saturated heterocycles. The summed E-state index contributed by atoms with van der Waals surface area (Å²) in [5.74, 6) is 0.168. The predicted octanol–water partition coefficient (Wildman–Crippen LogP) is 2.31. The molecule has 0 bridgehead atoms. The minimum absolute atomic E-state index is 0.168. The molecule has 0 aromatic carbocycles. The third kappa shape index (κ3) is 1.50. The van der Waals surface area contributed by atoms with E-state index in [0.29, 0.717) is 0 Å². The molecule has 0 amide bonds. The van der Waals surface area contributed by atoms with E-state index >= 15 is 0 Å². The van der Waals surface area contributed by atoms with Crippen LogP contribution in [-0.4, -0.2) is 11.2 Å². The van der Waals surface area contributed by atoms with E-state index in [2.05, 4.69) is 19.2 Å². The van der Waals surface area contributed by atoms with E-state index in [1.54, 1.807) is 12.2 Å². The van der Waals surface area contributed by atoms with Gasteiger partial charge in [-0.1, -0.05) is 25.2 Å². The van der Waals surface area contributed by atoms with Crippen molar-refractivity contribution in [2.75, 3.05) is 0 Å². The number of hydrogen-bond acceptors (Lipinski definition) is 2. The summed E-state index contributed by atoms with van der Waals surface area (Å²) in [7, 11) is 0. The molecule has 66 valence electrons. The second kappa shape index (κ2) is 3.50. The molecule has 1 nitrogen and oxygen atoms in total. The van der Waals surface area contributed by atoms with Crippen LogP contribution in [-0.2, 0) is 0 Å². The average Bonchev–Trinajstić information content (AvgIpc) is 2.08. The average molecular weight is 182 g/mol. The third-order valence-corrected chi connectivity index (χ3v) is 3.02. The van der Waals surface area contributed by atoms with Gasteiger partial charge in [0.2, 0.25) is 0 Å². The highest BCUT2D eigenvalue weighted by Crippen LogP contribution is 2.32. The zero-order chi connectivity index (χ0) is 9.30. The van der Waals surface area contributed by atoms with Crippen molar-refractivity contribution in [3.05, 3.63) is 34.8 Å². The highest BCUT2D eigenvalue weighted by atomic mass is 32.1. The number of thiol groups is 1. The topological polar surface area (TPSA) is 20.2 Å². The fraction of sp³-hybridized carbons (Fsp3) is 0.400. The molecule has 0 aromatic heterocycles. The van der Waals surface area contributed by atoms with Gasteiger partial charge in [0.25, 0.3) is 0 Å². The van der Waals surface area contributed by atoms with E-state index in [4.69, 9.17) is 0 Å². The van der Waals surface area contributed by atoms with Crippen molar-refractivity contribution in [2.45, 2.75) is 20.0 Å². The Balaban J connectivity index is 3.08. The largest absolute Gasteiger partial charge is 0.388 e. The first-order chi connectivity index (χ1) is 5.57. The summed E-state index contributed by atoms with van der Waals surface area (Å²) in [5.41, 5.74) is 2.06. The Labute approximate surface area is 78.9 Å². The molecule has 1 aliphatic rings. The van der Waals surface area contributed by atoms with E-state index < -0.39 is 6.10 Å². The third-order valence-electron chi connectivity index (χ3n) is 2.41. The molecule has 1 rings (SSSR count). The lowest BCUT2D eigenvalue weighted by molar-refractivity contribution is 0.177. The Bertz CT molecular complexity index is 263. The molecule has 1 aliphatic carbocycles. The van der Waals surface area contributed by atoms with Crippen LogP contribution in [0.25, 0.3) is 0 Å². The summed E-state index contributed by atoms with van der Waals surface area (Å²) in [6.07, 6.45) is 3.13. The summed E-state index contributed by atoms with van der Waals surface area (Å²) >= 11 is 4.36. The van der Waals surface area contributed by atoms with E-state index in [1.165, 1.54) is 0 Å². The molecule has 0 aliphatic heterocycles. The quantitative estimate of drug-likeness (QED) is 0.596. The lowest BCUT2D eigenvalue weighted by atomic mass is 9.88. The van der Waals surface area contributed by atoms with E-state index in [0.717, 1.165) is 16.1 Å². The first kappa shape index (κ1) is 9.62. The first-order valence-corrected chi connectivity index (χ1v) is 4.45. The lowest BCUT2D eigenvalue weighted by Crippen LogP contribution is -2.20. The molecular weight excluding hydrogens is 168 g/mol. The fourth-order valence-corrected chi connectivity index (χ4v) is 1.64. The number of aliphatic hydroxyl groups is 1. The second-order valence-electron chi connectivity index (χ2n) is 3.14. The van der Waals surface area contributed by atoms with Crippen molar-refractivity contribution in [1.29, 1.82) is 0 Å². The molecule has 2 unspecified atom stereocenters. The van der Waals surface area contributed by atoms with Gasteiger partial charge in [-0.05, 0) is 18.6 Å². The normalized spacial score (nSPS) is 30.2. The molecule has 0 fully saturated rings. The minimum atomic E-state index is -0.395. The number of rotatable bonds is 1. The monoisotopic (exact) mass is 182 g/mol. The zero-order valence-electron chi connectivity index (χ0n) is 7.41. The van der Waals surface area contributed by atoms with E-state index in [9.17, 15) is 5.11 Å².